The molecule has 178 valence electrons. The Morgan fingerprint density at radius 3 is 2.56 bits per heavy atom. The fraction of sp³-hybridized carbons (Fsp3) is 0.440. The van der Waals surface area contributed by atoms with Crippen LogP contribution in [-0.2, 0) is 26.2 Å². The third-order valence-corrected chi connectivity index (χ3v) is 6.96. The molecule has 1 aliphatic carbocycles. The Morgan fingerprint density at radius 1 is 1.03 bits per heavy atom. The van der Waals surface area contributed by atoms with Gasteiger partial charge in [-0.2, -0.15) is 0 Å². The molecule has 0 bridgehead atoms. The molecule has 0 aromatic heterocycles. The first-order valence-corrected chi connectivity index (χ1v) is 11.6. The van der Waals surface area contributed by atoms with E-state index in [-0.39, 0.29) is 18.2 Å². The second-order valence-electron chi connectivity index (χ2n) is 8.94. The van der Waals surface area contributed by atoms with E-state index in [0.717, 1.165) is 24.0 Å². The molecule has 2 aliphatic heterocycles. The molecule has 0 spiro atoms. The van der Waals surface area contributed by atoms with Gasteiger partial charge in [0.2, 0.25) is 0 Å². The minimum absolute atomic E-state index is 0.00193. The number of fused-ring (bicyclic) bond motifs is 2. The number of non-ortho nitro benzene ring substituents is 1. The summed E-state index contributed by atoms with van der Waals surface area (Å²) in [6.45, 7) is 1.06. The van der Waals surface area contributed by atoms with E-state index >= 15 is 0 Å². The van der Waals surface area contributed by atoms with Crippen molar-refractivity contribution in [3.63, 3.8) is 0 Å². The molecule has 2 aromatic rings. The van der Waals surface area contributed by atoms with Crippen LogP contribution in [0.1, 0.15) is 43.2 Å². The van der Waals surface area contributed by atoms with Crippen LogP contribution in [0.4, 0.5) is 11.4 Å². The van der Waals surface area contributed by atoms with Gasteiger partial charge in [0.05, 0.1) is 10.3 Å². The minimum Gasteiger partial charge on any atom is -0.486 e. The Labute approximate surface area is 196 Å². The molecule has 34 heavy (non-hydrogen) atoms. The van der Waals surface area contributed by atoms with E-state index in [4.69, 9.17) is 14.2 Å². The highest BCUT2D eigenvalue weighted by atomic mass is 16.6. The fourth-order valence-corrected chi connectivity index (χ4v) is 5.23. The van der Waals surface area contributed by atoms with Crippen LogP contribution in [-0.4, -0.2) is 43.2 Å². The standard InChI is InChI=1S/C25H26N2O7/c28-23(26-11-3-4-17-14-19(27(30)31)6-7-20(17)26)16-34-24(29)25(9-1-2-10-25)18-5-8-21-22(15-18)33-13-12-32-21/h5-8,14-15H,1-4,9-13,16H2. The summed E-state index contributed by atoms with van der Waals surface area (Å²) < 4.78 is 16.9. The summed E-state index contributed by atoms with van der Waals surface area (Å²) in [5.74, 6) is 0.544. The van der Waals surface area contributed by atoms with Gasteiger partial charge < -0.3 is 19.1 Å². The van der Waals surface area contributed by atoms with E-state index in [0.29, 0.717) is 62.6 Å². The second kappa shape index (κ2) is 8.96. The van der Waals surface area contributed by atoms with Crippen molar-refractivity contribution in [3.8, 4) is 11.5 Å². The molecule has 0 unspecified atom stereocenters. The molecule has 9 nitrogen and oxygen atoms in total. The lowest BCUT2D eigenvalue weighted by atomic mass is 9.78. The molecule has 0 N–H and O–H groups in total. The van der Waals surface area contributed by atoms with E-state index in [1.807, 2.05) is 18.2 Å². The normalized spacial score (nSPS) is 18.2. The van der Waals surface area contributed by atoms with Gasteiger partial charge in [0.1, 0.15) is 13.2 Å². The van der Waals surface area contributed by atoms with Gasteiger partial charge in [-0.3, -0.25) is 19.7 Å². The number of hydrogen-bond donors (Lipinski definition) is 0. The van der Waals surface area contributed by atoms with Crippen molar-refractivity contribution in [2.75, 3.05) is 31.3 Å². The van der Waals surface area contributed by atoms with Crippen molar-refractivity contribution in [1.29, 1.82) is 0 Å². The van der Waals surface area contributed by atoms with Crippen molar-refractivity contribution in [2.24, 2.45) is 0 Å². The van der Waals surface area contributed by atoms with Gasteiger partial charge in [-0.25, -0.2) is 0 Å². The van der Waals surface area contributed by atoms with E-state index in [1.165, 1.54) is 12.1 Å². The Bertz CT molecular complexity index is 1140. The topological polar surface area (TPSA) is 108 Å². The lowest BCUT2D eigenvalue weighted by Crippen LogP contribution is -2.41. The summed E-state index contributed by atoms with van der Waals surface area (Å²) in [5.41, 5.74) is 1.41. The van der Waals surface area contributed by atoms with Crippen LogP contribution in [0.5, 0.6) is 11.5 Å². The van der Waals surface area contributed by atoms with Crippen LogP contribution in [0.3, 0.4) is 0 Å². The Kier molecular flexibility index (Phi) is 5.85. The Hall–Kier alpha value is -3.62. The molecule has 3 aliphatic rings. The monoisotopic (exact) mass is 466 g/mol. The molecule has 5 rings (SSSR count). The second-order valence-corrected chi connectivity index (χ2v) is 8.94. The number of esters is 1. The first-order chi connectivity index (χ1) is 16.5. The summed E-state index contributed by atoms with van der Waals surface area (Å²) in [7, 11) is 0. The molecule has 2 aromatic carbocycles. The zero-order chi connectivity index (χ0) is 23.7. The lowest BCUT2D eigenvalue weighted by molar-refractivity contribution is -0.384. The van der Waals surface area contributed by atoms with Gasteiger partial charge in [-0.15, -0.1) is 0 Å². The number of carbonyl (C=O) groups excluding carboxylic acids is 2. The molecule has 0 atom stereocenters. The van der Waals surface area contributed by atoms with Crippen LogP contribution in [0, 0.1) is 10.1 Å². The first kappa shape index (κ1) is 22.2. The van der Waals surface area contributed by atoms with Gasteiger partial charge in [0, 0.05) is 24.4 Å². The van der Waals surface area contributed by atoms with E-state index in [9.17, 15) is 19.7 Å². The number of benzene rings is 2. The number of hydrogen-bond acceptors (Lipinski definition) is 7. The number of nitro groups is 1. The van der Waals surface area contributed by atoms with Crippen LogP contribution >= 0.6 is 0 Å². The highest BCUT2D eigenvalue weighted by Gasteiger charge is 2.45. The number of rotatable bonds is 5. The van der Waals surface area contributed by atoms with E-state index in [1.54, 1.807) is 11.0 Å². The summed E-state index contributed by atoms with van der Waals surface area (Å²) in [6.07, 6.45) is 4.44. The molecular formula is C25H26N2O7. The number of aryl methyl sites for hydroxylation is 1. The van der Waals surface area contributed by atoms with Gasteiger partial charge in [0.15, 0.2) is 18.1 Å². The Balaban J connectivity index is 1.32. The maximum absolute atomic E-state index is 13.3. The molecule has 1 amide bonds. The molecule has 0 radical (unpaired) electrons. The minimum atomic E-state index is -0.809. The Morgan fingerprint density at radius 2 is 1.79 bits per heavy atom. The highest BCUT2D eigenvalue weighted by molar-refractivity contribution is 5.97. The van der Waals surface area contributed by atoms with E-state index < -0.39 is 16.3 Å². The third kappa shape index (κ3) is 3.95. The average molecular weight is 466 g/mol. The lowest BCUT2D eigenvalue weighted by Gasteiger charge is -2.31. The van der Waals surface area contributed by atoms with Crippen LogP contribution in [0.15, 0.2) is 36.4 Å². The highest BCUT2D eigenvalue weighted by Crippen LogP contribution is 2.45. The molecule has 2 heterocycles. The maximum Gasteiger partial charge on any atom is 0.317 e. The SMILES string of the molecule is O=C(COC(=O)C1(c2ccc3c(c2)OCCO3)CCCC1)N1CCCc2cc([N+](=O)[O-])ccc21. The summed E-state index contributed by atoms with van der Waals surface area (Å²) >= 11 is 0. The number of nitrogens with zero attached hydrogens (tertiary/aromatic N) is 2. The molecule has 9 heteroatoms. The van der Waals surface area contributed by atoms with Crippen molar-refractivity contribution >= 4 is 23.3 Å². The zero-order valence-electron chi connectivity index (χ0n) is 18.8. The smallest absolute Gasteiger partial charge is 0.317 e. The van der Waals surface area contributed by atoms with Gasteiger partial charge in [-0.05, 0) is 55.0 Å². The molecule has 1 saturated carbocycles. The maximum atomic E-state index is 13.3. The van der Waals surface area contributed by atoms with Crippen LogP contribution in [0.25, 0.3) is 0 Å². The van der Waals surface area contributed by atoms with Crippen molar-refractivity contribution in [3.05, 3.63) is 57.6 Å². The summed E-state index contributed by atoms with van der Waals surface area (Å²) in [5, 5.41) is 11.1. The van der Waals surface area contributed by atoms with Gasteiger partial charge >= 0.3 is 5.97 Å². The number of amides is 1. The number of carbonyl (C=O) groups is 2. The zero-order valence-corrected chi connectivity index (χ0v) is 18.8. The van der Waals surface area contributed by atoms with Crippen molar-refractivity contribution < 1.29 is 28.7 Å². The van der Waals surface area contributed by atoms with Gasteiger partial charge in [0.25, 0.3) is 11.6 Å². The summed E-state index contributed by atoms with van der Waals surface area (Å²) in [6, 6.07) is 10.1. The van der Waals surface area contributed by atoms with E-state index in [2.05, 4.69) is 0 Å². The van der Waals surface area contributed by atoms with Crippen LogP contribution < -0.4 is 14.4 Å². The average Bonchev–Trinajstić information content (AvgIpc) is 3.37. The van der Waals surface area contributed by atoms with Crippen molar-refractivity contribution in [2.45, 2.75) is 43.9 Å². The summed E-state index contributed by atoms with van der Waals surface area (Å²) in [4.78, 5) is 38.6. The molecular weight excluding hydrogens is 440 g/mol. The quantitative estimate of drug-likeness (QED) is 0.376. The first-order valence-electron chi connectivity index (χ1n) is 11.6. The molecule has 0 saturated heterocycles. The van der Waals surface area contributed by atoms with Crippen LogP contribution in [0.2, 0.25) is 0 Å². The van der Waals surface area contributed by atoms with Gasteiger partial charge in [-0.1, -0.05) is 18.9 Å². The number of ether oxygens (including phenoxy) is 3. The third-order valence-electron chi connectivity index (χ3n) is 6.96. The number of nitro benzene ring substituents is 1. The molecule has 1 fully saturated rings. The largest absolute Gasteiger partial charge is 0.486 e. The number of anilines is 1. The predicted molar refractivity (Wildman–Crippen MR) is 122 cm³/mol. The predicted octanol–water partition coefficient (Wildman–Crippen LogP) is 3.70. The van der Waals surface area contributed by atoms with Crippen molar-refractivity contribution in [1.82, 2.24) is 0 Å². The fourth-order valence-electron chi connectivity index (χ4n) is 5.23.